The molecule has 0 atom stereocenters. The highest BCUT2D eigenvalue weighted by Gasteiger charge is 2.34. The van der Waals surface area contributed by atoms with E-state index >= 15 is 0 Å². The number of rotatable bonds is 7. The molecule has 0 bridgehead atoms. The first-order valence-electron chi connectivity index (χ1n) is 10.9. The third-order valence-corrected chi connectivity index (χ3v) is 7.99. The molecule has 0 aromatic heterocycles. The molecule has 2 heterocycles. The summed E-state index contributed by atoms with van der Waals surface area (Å²) in [7, 11) is -1.98. The van der Waals surface area contributed by atoms with Gasteiger partial charge in [-0.1, -0.05) is 31.4 Å². The Labute approximate surface area is 190 Å². The maximum absolute atomic E-state index is 13.0. The van der Waals surface area contributed by atoms with Gasteiger partial charge in [0.2, 0.25) is 0 Å². The molecule has 2 aliphatic heterocycles. The Hall–Kier alpha value is -1.55. The number of hydrogen-bond donors (Lipinski definition) is 0. The van der Waals surface area contributed by atoms with E-state index in [-0.39, 0.29) is 19.0 Å². The zero-order chi connectivity index (χ0) is 22.4. The lowest BCUT2D eigenvalue weighted by Crippen LogP contribution is -2.54. The van der Waals surface area contributed by atoms with Gasteiger partial charge >= 0.3 is 0 Å². The summed E-state index contributed by atoms with van der Waals surface area (Å²) >= 11 is 6.35. The summed E-state index contributed by atoms with van der Waals surface area (Å²) in [5, 5.41) is 0.318. The number of nitrogens with zero attached hydrogens (tertiary/aromatic N) is 3. The van der Waals surface area contributed by atoms with E-state index in [9.17, 15) is 13.2 Å². The Morgan fingerprint density at radius 3 is 2.19 bits per heavy atom. The molecular formula is C21H32ClN3O5S. The summed E-state index contributed by atoms with van der Waals surface area (Å²) in [6.45, 7) is 4.88. The first-order chi connectivity index (χ1) is 14.9. The van der Waals surface area contributed by atoms with E-state index in [0.29, 0.717) is 54.9 Å². The smallest absolute Gasteiger partial charge is 0.282 e. The Morgan fingerprint density at radius 1 is 1.00 bits per heavy atom. The molecule has 2 saturated heterocycles. The molecule has 0 radical (unpaired) electrons. The fourth-order valence-corrected chi connectivity index (χ4v) is 5.86. The van der Waals surface area contributed by atoms with E-state index in [4.69, 9.17) is 21.1 Å². The highest BCUT2D eigenvalue weighted by Crippen LogP contribution is 2.37. The minimum absolute atomic E-state index is 0.200. The van der Waals surface area contributed by atoms with Crippen molar-refractivity contribution in [1.82, 2.24) is 13.5 Å². The van der Waals surface area contributed by atoms with Gasteiger partial charge in [0.25, 0.3) is 16.1 Å². The van der Waals surface area contributed by atoms with Gasteiger partial charge in [-0.3, -0.25) is 4.79 Å². The molecule has 31 heavy (non-hydrogen) atoms. The third-order valence-electron chi connectivity index (χ3n) is 5.67. The minimum atomic E-state index is -3.48. The lowest BCUT2D eigenvalue weighted by molar-refractivity contribution is 0.0693. The van der Waals surface area contributed by atoms with E-state index in [1.165, 1.54) is 11.4 Å². The number of methoxy groups -OCH3 is 1. The topological polar surface area (TPSA) is 79.4 Å². The average Bonchev–Trinajstić information content (AvgIpc) is 3.07. The molecule has 2 fully saturated rings. The van der Waals surface area contributed by atoms with Crippen LogP contribution >= 0.6 is 11.6 Å². The molecule has 0 N–H and O–H groups in total. The fraction of sp³-hybridized carbons (Fsp3) is 0.667. The summed E-state index contributed by atoms with van der Waals surface area (Å²) in [5.74, 6) is 0.636. The van der Waals surface area contributed by atoms with Crippen LogP contribution in [0, 0.1) is 0 Å². The van der Waals surface area contributed by atoms with Gasteiger partial charge in [0, 0.05) is 44.8 Å². The summed E-state index contributed by atoms with van der Waals surface area (Å²) in [6, 6.07) is 3.21. The number of carbonyl (C=O) groups excluding carboxylic acids is 1. The van der Waals surface area contributed by atoms with Gasteiger partial charge in [-0.2, -0.15) is 17.0 Å². The second kappa shape index (κ2) is 10.8. The number of benzene rings is 1. The van der Waals surface area contributed by atoms with Crippen molar-refractivity contribution < 1.29 is 22.7 Å². The maximum atomic E-state index is 13.0. The normalized spacial score (nSPS) is 19.1. The van der Waals surface area contributed by atoms with Crippen LogP contribution in [0.1, 0.15) is 49.4 Å². The number of hydrogen-bond acceptors (Lipinski definition) is 5. The molecule has 2 aliphatic rings. The van der Waals surface area contributed by atoms with Gasteiger partial charge < -0.3 is 14.4 Å². The SMILES string of the molecule is CCCOc1c(Cl)cc(C(=O)N2CCN(S(=O)(=O)N3CCCCCC3)CC2)cc1OC. The number of carbonyl (C=O) groups is 1. The Balaban J connectivity index is 1.66. The summed E-state index contributed by atoms with van der Waals surface area (Å²) in [4.78, 5) is 14.7. The van der Waals surface area contributed by atoms with Gasteiger partial charge in [-0.15, -0.1) is 0 Å². The van der Waals surface area contributed by atoms with Crippen LogP contribution in [-0.2, 0) is 10.2 Å². The van der Waals surface area contributed by atoms with Crippen LogP contribution in [0.5, 0.6) is 11.5 Å². The second-order valence-electron chi connectivity index (χ2n) is 7.85. The first kappa shape index (κ1) is 24.1. The molecule has 0 aliphatic carbocycles. The maximum Gasteiger partial charge on any atom is 0.282 e. The molecule has 1 aromatic rings. The average molecular weight is 474 g/mol. The second-order valence-corrected chi connectivity index (χ2v) is 10.2. The van der Waals surface area contributed by atoms with Crippen LogP contribution in [0.15, 0.2) is 12.1 Å². The third kappa shape index (κ3) is 5.63. The molecule has 3 rings (SSSR count). The van der Waals surface area contributed by atoms with Gasteiger partial charge in [0.15, 0.2) is 11.5 Å². The van der Waals surface area contributed by atoms with Crippen molar-refractivity contribution in [2.24, 2.45) is 0 Å². The number of piperazine rings is 1. The molecule has 0 saturated carbocycles. The van der Waals surface area contributed by atoms with Crippen LogP contribution < -0.4 is 9.47 Å². The van der Waals surface area contributed by atoms with Crippen LogP contribution in [-0.4, -0.2) is 80.8 Å². The lowest BCUT2D eigenvalue weighted by Gasteiger charge is -2.36. The van der Waals surface area contributed by atoms with Crippen LogP contribution in [0.4, 0.5) is 0 Å². The molecule has 1 aromatic carbocycles. The van der Waals surface area contributed by atoms with Crippen molar-refractivity contribution in [2.75, 3.05) is 53.0 Å². The Morgan fingerprint density at radius 2 is 1.61 bits per heavy atom. The van der Waals surface area contributed by atoms with E-state index < -0.39 is 10.2 Å². The van der Waals surface area contributed by atoms with Crippen molar-refractivity contribution >= 4 is 27.7 Å². The van der Waals surface area contributed by atoms with E-state index in [1.807, 2.05) is 6.92 Å². The fourth-order valence-electron chi connectivity index (χ4n) is 3.93. The van der Waals surface area contributed by atoms with Crippen molar-refractivity contribution in [3.63, 3.8) is 0 Å². The Kier molecular flexibility index (Phi) is 8.43. The molecule has 0 unspecified atom stereocenters. The lowest BCUT2D eigenvalue weighted by atomic mass is 10.1. The standard InChI is InChI=1S/C21H32ClN3O5S/c1-3-14-30-20-18(22)15-17(16-19(20)29-2)21(26)23-10-12-25(13-11-23)31(27,28)24-8-6-4-5-7-9-24/h15-16H,3-14H2,1-2H3. The monoisotopic (exact) mass is 473 g/mol. The zero-order valence-corrected chi connectivity index (χ0v) is 19.9. The largest absolute Gasteiger partial charge is 0.493 e. The molecule has 1 amide bonds. The first-order valence-corrected chi connectivity index (χ1v) is 12.7. The summed E-state index contributed by atoms with van der Waals surface area (Å²) in [5.41, 5.74) is 0.398. The van der Waals surface area contributed by atoms with Crippen molar-refractivity contribution in [2.45, 2.75) is 39.0 Å². The highest BCUT2D eigenvalue weighted by atomic mass is 35.5. The van der Waals surface area contributed by atoms with Gasteiger partial charge in [0.1, 0.15) is 0 Å². The minimum Gasteiger partial charge on any atom is -0.493 e. The molecule has 10 heteroatoms. The molecule has 0 spiro atoms. The predicted octanol–water partition coefficient (Wildman–Crippen LogP) is 3.02. The number of halogens is 1. The predicted molar refractivity (Wildman–Crippen MR) is 120 cm³/mol. The molecule has 8 nitrogen and oxygen atoms in total. The van der Waals surface area contributed by atoms with Crippen molar-refractivity contribution in [3.05, 3.63) is 22.7 Å². The van der Waals surface area contributed by atoms with Gasteiger partial charge in [-0.25, -0.2) is 0 Å². The van der Waals surface area contributed by atoms with E-state index in [1.54, 1.807) is 21.3 Å². The zero-order valence-electron chi connectivity index (χ0n) is 18.3. The van der Waals surface area contributed by atoms with Crippen LogP contribution in [0.3, 0.4) is 0 Å². The molecular weight excluding hydrogens is 442 g/mol. The van der Waals surface area contributed by atoms with Crippen LogP contribution in [0.25, 0.3) is 0 Å². The van der Waals surface area contributed by atoms with Crippen LogP contribution in [0.2, 0.25) is 5.02 Å². The van der Waals surface area contributed by atoms with Crippen molar-refractivity contribution in [3.8, 4) is 11.5 Å². The van der Waals surface area contributed by atoms with Gasteiger partial charge in [-0.05, 0) is 31.4 Å². The number of ether oxygens (including phenoxy) is 2. The van der Waals surface area contributed by atoms with E-state index in [0.717, 1.165) is 32.1 Å². The summed E-state index contributed by atoms with van der Waals surface area (Å²) in [6.07, 6.45) is 4.77. The molecule has 174 valence electrons. The number of amides is 1. The highest BCUT2D eigenvalue weighted by molar-refractivity contribution is 7.86. The van der Waals surface area contributed by atoms with Crippen molar-refractivity contribution in [1.29, 1.82) is 0 Å². The summed E-state index contributed by atoms with van der Waals surface area (Å²) < 4.78 is 40.1. The quantitative estimate of drug-likeness (QED) is 0.608. The van der Waals surface area contributed by atoms with E-state index in [2.05, 4.69) is 0 Å². The Bertz CT molecular complexity index is 864. The van der Waals surface area contributed by atoms with Gasteiger partial charge in [0.05, 0.1) is 18.7 Å².